The smallest absolute Gasteiger partial charge is 0.123 e. The first-order valence-corrected chi connectivity index (χ1v) is 7.05. The molecule has 1 unspecified atom stereocenters. The standard InChI is InChI=1S/C16H27NO2/c1-11(2)15-7-6-13(5)8-16(15)19-10-14(18)9-17-12(3)4/h6-8,11-12,14,17-18H,9-10H2,1-5H3. The van der Waals surface area contributed by atoms with E-state index in [1.54, 1.807) is 0 Å². The van der Waals surface area contributed by atoms with Crippen LogP contribution >= 0.6 is 0 Å². The van der Waals surface area contributed by atoms with Crippen LogP contribution in [0.25, 0.3) is 0 Å². The van der Waals surface area contributed by atoms with Gasteiger partial charge in [0.25, 0.3) is 0 Å². The number of benzene rings is 1. The second-order valence-corrected chi connectivity index (χ2v) is 5.72. The summed E-state index contributed by atoms with van der Waals surface area (Å²) in [7, 11) is 0. The maximum atomic E-state index is 9.87. The predicted octanol–water partition coefficient (Wildman–Crippen LogP) is 2.86. The number of hydrogen-bond donors (Lipinski definition) is 2. The summed E-state index contributed by atoms with van der Waals surface area (Å²) in [4.78, 5) is 0. The number of ether oxygens (including phenoxy) is 1. The van der Waals surface area contributed by atoms with Crippen molar-refractivity contribution in [2.45, 2.75) is 52.7 Å². The fraction of sp³-hybridized carbons (Fsp3) is 0.625. The van der Waals surface area contributed by atoms with E-state index in [1.807, 2.05) is 13.0 Å². The van der Waals surface area contributed by atoms with E-state index < -0.39 is 6.10 Å². The van der Waals surface area contributed by atoms with Crippen LogP contribution in [0.1, 0.15) is 44.7 Å². The van der Waals surface area contributed by atoms with Crippen LogP contribution in [0.15, 0.2) is 18.2 Å². The van der Waals surface area contributed by atoms with Crippen LogP contribution in [0.4, 0.5) is 0 Å². The summed E-state index contributed by atoms with van der Waals surface area (Å²) in [6.45, 7) is 11.3. The van der Waals surface area contributed by atoms with Crippen molar-refractivity contribution in [2.75, 3.05) is 13.2 Å². The molecule has 0 saturated carbocycles. The molecule has 1 rings (SSSR count). The van der Waals surface area contributed by atoms with Gasteiger partial charge >= 0.3 is 0 Å². The Labute approximate surface area is 117 Å². The average Bonchev–Trinajstić information content (AvgIpc) is 2.33. The van der Waals surface area contributed by atoms with Gasteiger partial charge in [0.05, 0.1) is 0 Å². The Morgan fingerprint density at radius 2 is 1.89 bits per heavy atom. The quantitative estimate of drug-likeness (QED) is 0.796. The molecule has 0 aromatic heterocycles. The highest BCUT2D eigenvalue weighted by Crippen LogP contribution is 2.27. The summed E-state index contributed by atoms with van der Waals surface area (Å²) in [6.07, 6.45) is -0.483. The molecule has 0 heterocycles. The van der Waals surface area contributed by atoms with Gasteiger partial charge in [-0.3, -0.25) is 0 Å². The molecule has 0 spiro atoms. The number of aryl methyl sites for hydroxylation is 1. The molecule has 3 nitrogen and oxygen atoms in total. The topological polar surface area (TPSA) is 41.5 Å². The number of rotatable bonds is 7. The molecule has 0 amide bonds. The zero-order chi connectivity index (χ0) is 14.4. The van der Waals surface area contributed by atoms with Gasteiger partial charge in [-0.15, -0.1) is 0 Å². The van der Waals surface area contributed by atoms with Crippen LogP contribution in [0.5, 0.6) is 5.75 Å². The Morgan fingerprint density at radius 1 is 1.21 bits per heavy atom. The molecule has 2 N–H and O–H groups in total. The van der Waals surface area contributed by atoms with Gasteiger partial charge in [-0.25, -0.2) is 0 Å². The number of hydrogen-bond acceptors (Lipinski definition) is 3. The molecule has 1 aromatic rings. The molecule has 0 bridgehead atoms. The third-order valence-corrected chi connectivity index (χ3v) is 2.98. The SMILES string of the molecule is Cc1ccc(C(C)C)c(OCC(O)CNC(C)C)c1. The summed E-state index contributed by atoms with van der Waals surface area (Å²) >= 11 is 0. The van der Waals surface area contributed by atoms with Crippen molar-refractivity contribution in [1.82, 2.24) is 5.32 Å². The third kappa shape index (κ3) is 5.62. The molecule has 0 aliphatic heterocycles. The fourth-order valence-corrected chi connectivity index (χ4v) is 1.86. The molecule has 19 heavy (non-hydrogen) atoms. The first-order valence-electron chi connectivity index (χ1n) is 7.05. The normalized spacial score (nSPS) is 13.1. The first kappa shape index (κ1) is 16.0. The number of aliphatic hydroxyl groups excluding tert-OH is 1. The summed E-state index contributed by atoms with van der Waals surface area (Å²) in [5.74, 6) is 1.31. The largest absolute Gasteiger partial charge is 0.491 e. The van der Waals surface area contributed by atoms with Crippen LogP contribution in [0.2, 0.25) is 0 Å². The Bertz CT molecular complexity index is 388. The molecule has 1 atom stereocenters. The van der Waals surface area contributed by atoms with Gasteiger partial charge in [-0.05, 0) is 30.0 Å². The monoisotopic (exact) mass is 265 g/mol. The van der Waals surface area contributed by atoms with Crippen LogP contribution in [0, 0.1) is 6.92 Å². The second-order valence-electron chi connectivity index (χ2n) is 5.72. The van der Waals surface area contributed by atoms with Gasteiger partial charge in [-0.2, -0.15) is 0 Å². The van der Waals surface area contributed by atoms with E-state index >= 15 is 0 Å². The lowest BCUT2D eigenvalue weighted by molar-refractivity contribution is 0.104. The van der Waals surface area contributed by atoms with E-state index in [4.69, 9.17) is 4.74 Å². The highest BCUT2D eigenvalue weighted by molar-refractivity contribution is 5.39. The lowest BCUT2D eigenvalue weighted by Gasteiger charge is -2.18. The maximum absolute atomic E-state index is 9.87. The first-order chi connectivity index (χ1) is 8.90. The molecule has 0 radical (unpaired) electrons. The minimum absolute atomic E-state index is 0.322. The molecule has 0 aliphatic rings. The Hall–Kier alpha value is -1.06. The van der Waals surface area contributed by atoms with E-state index in [0.29, 0.717) is 25.1 Å². The van der Waals surface area contributed by atoms with Gasteiger partial charge in [0.1, 0.15) is 18.5 Å². The van der Waals surface area contributed by atoms with E-state index in [-0.39, 0.29) is 0 Å². The Balaban J connectivity index is 2.59. The second kappa shape index (κ2) is 7.51. The predicted molar refractivity (Wildman–Crippen MR) is 79.9 cm³/mol. The molecule has 0 saturated heterocycles. The van der Waals surface area contributed by atoms with E-state index in [2.05, 4.69) is 45.1 Å². The van der Waals surface area contributed by atoms with E-state index in [9.17, 15) is 5.11 Å². The van der Waals surface area contributed by atoms with Crippen LogP contribution in [-0.4, -0.2) is 30.4 Å². The minimum atomic E-state index is -0.483. The number of aliphatic hydroxyl groups is 1. The molecule has 0 aliphatic carbocycles. The highest BCUT2D eigenvalue weighted by atomic mass is 16.5. The van der Waals surface area contributed by atoms with E-state index in [0.717, 1.165) is 5.75 Å². The fourth-order valence-electron chi connectivity index (χ4n) is 1.86. The van der Waals surface area contributed by atoms with Crippen LogP contribution in [-0.2, 0) is 0 Å². The Morgan fingerprint density at radius 3 is 2.47 bits per heavy atom. The molecule has 3 heteroatoms. The molecule has 0 fully saturated rings. The van der Waals surface area contributed by atoms with Crippen LogP contribution in [0.3, 0.4) is 0 Å². The van der Waals surface area contributed by atoms with Crippen molar-refractivity contribution in [3.63, 3.8) is 0 Å². The van der Waals surface area contributed by atoms with E-state index in [1.165, 1.54) is 11.1 Å². The van der Waals surface area contributed by atoms with Crippen molar-refractivity contribution < 1.29 is 9.84 Å². The maximum Gasteiger partial charge on any atom is 0.123 e. The minimum Gasteiger partial charge on any atom is -0.491 e. The van der Waals surface area contributed by atoms with Crippen molar-refractivity contribution in [2.24, 2.45) is 0 Å². The van der Waals surface area contributed by atoms with Gasteiger partial charge in [0.2, 0.25) is 0 Å². The van der Waals surface area contributed by atoms with Crippen molar-refractivity contribution >= 4 is 0 Å². The highest BCUT2D eigenvalue weighted by Gasteiger charge is 2.11. The summed E-state index contributed by atoms with van der Waals surface area (Å²) in [5.41, 5.74) is 2.36. The van der Waals surface area contributed by atoms with Crippen molar-refractivity contribution in [1.29, 1.82) is 0 Å². The van der Waals surface area contributed by atoms with Gasteiger partial charge in [0.15, 0.2) is 0 Å². The lowest BCUT2D eigenvalue weighted by Crippen LogP contribution is -2.35. The van der Waals surface area contributed by atoms with Gasteiger partial charge < -0.3 is 15.2 Å². The van der Waals surface area contributed by atoms with Crippen LogP contribution < -0.4 is 10.1 Å². The van der Waals surface area contributed by atoms with Crippen molar-refractivity contribution in [3.05, 3.63) is 29.3 Å². The Kier molecular flexibility index (Phi) is 6.32. The number of nitrogens with one attached hydrogen (secondary N) is 1. The molecule has 108 valence electrons. The molecule has 1 aromatic carbocycles. The third-order valence-electron chi connectivity index (χ3n) is 2.98. The lowest BCUT2D eigenvalue weighted by atomic mass is 10.0. The molecular formula is C16H27NO2. The summed E-state index contributed by atoms with van der Waals surface area (Å²) < 4.78 is 5.78. The summed E-state index contributed by atoms with van der Waals surface area (Å²) in [5, 5.41) is 13.1. The van der Waals surface area contributed by atoms with Gasteiger partial charge in [-0.1, -0.05) is 39.8 Å². The summed E-state index contributed by atoms with van der Waals surface area (Å²) in [6, 6.07) is 6.62. The van der Waals surface area contributed by atoms with Gasteiger partial charge in [0, 0.05) is 12.6 Å². The zero-order valence-corrected chi connectivity index (χ0v) is 12.7. The zero-order valence-electron chi connectivity index (χ0n) is 12.7. The average molecular weight is 265 g/mol. The van der Waals surface area contributed by atoms with Crippen molar-refractivity contribution in [3.8, 4) is 5.75 Å². The molecular weight excluding hydrogens is 238 g/mol.